The van der Waals surface area contributed by atoms with Gasteiger partial charge in [0.25, 0.3) is 0 Å². The lowest BCUT2D eigenvalue weighted by Crippen LogP contribution is -2.55. The molecule has 0 bridgehead atoms. The number of hydrogen-bond donors (Lipinski definition) is 1. The highest BCUT2D eigenvalue weighted by molar-refractivity contribution is 7.92. The molecule has 2 amide bonds. The molecule has 3 aromatic carbocycles. The first-order valence-corrected chi connectivity index (χ1v) is 16.4. The second-order valence-corrected chi connectivity index (χ2v) is 13.1. The quantitative estimate of drug-likeness (QED) is 0.303. The van der Waals surface area contributed by atoms with Crippen LogP contribution < -0.4 is 9.62 Å². The van der Waals surface area contributed by atoms with E-state index in [2.05, 4.69) is 5.32 Å². The number of nitrogens with one attached hydrogen (secondary N) is 1. The second-order valence-electron chi connectivity index (χ2n) is 10.8. The van der Waals surface area contributed by atoms with Gasteiger partial charge in [-0.15, -0.1) is 0 Å². The predicted octanol–water partition coefficient (Wildman–Crippen LogP) is 5.64. The first kappa shape index (κ1) is 31.5. The molecule has 1 saturated carbocycles. The van der Waals surface area contributed by atoms with Crippen LogP contribution in [0.15, 0.2) is 72.8 Å². The van der Waals surface area contributed by atoms with Gasteiger partial charge in [-0.25, -0.2) is 12.8 Å². The zero-order chi connectivity index (χ0) is 30.3. The molecule has 0 heterocycles. The highest BCUT2D eigenvalue weighted by Crippen LogP contribution is 2.29. The van der Waals surface area contributed by atoms with Gasteiger partial charge < -0.3 is 10.2 Å². The molecule has 7 nitrogen and oxygen atoms in total. The Kier molecular flexibility index (Phi) is 10.6. The predicted molar refractivity (Wildman–Crippen MR) is 164 cm³/mol. The molecular formula is C32H37ClFN3O4S. The summed E-state index contributed by atoms with van der Waals surface area (Å²) in [6.07, 6.45) is 6.01. The minimum atomic E-state index is -3.94. The molecule has 0 saturated heterocycles. The maximum atomic E-state index is 14.9. The number of benzene rings is 3. The van der Waals surface area contributed by atoms with Crippen molar-refractivity contribution in [3.63, 3.8) is 0 Å². The monoisotopic (exact) mass is 613 g/mol. The number of sulfonamides is 1. The third-order valence-corrected chi connectivity index (χ3v) is 9.24. The molecular weight excluding hydrogens is 577 g/mol. The molecule has 1 atom stereocenters. The fourth-order valence-electron chi connectivity index (χ4n) is 5.37. The van der Waals surface area contributed by atoms with Crippen molar-refractivity contribution in [1.29, 1.82) is 0 Å². The van der Waals surface area contributed by atoms with Crippen LogP contribution in [0.3, 0.4) is 0 Å². The number of nitrogens with zero attached hydrogens (tertiary/aromatic N) is 2. The van der Waals surface area contributed by atoms with Crippen LogP contribution in [0, 0.1) is 12.7 Å². The lowest BCUT2D eigenvalue weighted by Gasteiger charge is -2.35. The van der Waals surface area contributed by atoms with Gasteiger partial charge in [0.15, 0.2) is 0 Å². The van der Waals surface area contributed by atoms with Crippen molar-refractivity contribution in [2.24, 2.45) is 0 Å². The van der Waals surface area contributed by atoms with Crippen molar-refractivity contribution in [3.8, 4) is 0 Å². The Bertz CT molecular complexity index is 1500. The van der Waals surface area contributed by atoms with Crippen LogP contribution in [-0.2, 0) is 32.6 Å². The van der Waals surface area contributed by atoms with Crippen molar-refractivity contribution >= 4 is 39.1 Å². The van der Waals surface area contributed by atoms with Gasteiger partial charge in [0.05, 0.1) is 11.9 Å². The van der Waals surface area contributed by atoms with E-state index in [0.717, 1.165) is 48.2 Å². The molecule has 1 aliphatic carbocycles. The number of carbonyl (C=O) groups excluding carboxylic acids is 2. The first-order valence-electron chi connectivity index (χ1n) is 14.1. The van der Waals surface area contributed by atoms with Crippen molar-refractivity contribution in [3.05, 3.63) is 100 Å². The maximum Gasteiger partial charge on any atom is 0.244 e. The summed E-state index contributed by atoms with van der Waals surface area (Å²) in [5.74, 6) is -1.50. The zero-order valence-corrected chi connectivity index (χ0v) is 25.5. The third-order valence-electron chi connectivity index (χ3n) is 7.71. The van der Waals surface area contributed by atoms with E-state index in [1.54, 1.807) is 43.3 Å². The number of amides is 2. The number of halogens is 2. The van der Waals surface area contributed by atoms with Crippen LogP contribution in [0.2, 0.25) is 5.02 Å². The van der Waals surface area contributed by atoms with Gasteiger partial charge in [0.1, 0.15) is 18.4 Å². The van der Waals surface area contributed by atoms with Gasteiger partial charge in [-0.1, -0.05) is 85.5 Å². The van der Waals surface area contributed by atoms with Gasteiger partial charge in [0, 0.05) is 29.6 Å². The van der Waals surface area contributed by atoms with Crippen LogP contribution in [0.4, 0.5) is 10.1 Å². The Hall–Kier alpha value is -3.43. The minimum absolute atomic E-state index is 0.0171. The van der Waals surface area contributed by atoms with Crippen LogP contribution in [0.25, 0.3) is 0 Å². The second kappa shape index (κ2) is 14.2. The fraction of sp³-hybridized carbons (Fsp3) is 0.375. The van der Waals surface area contributed by atoms with Crippen LogP contribution >= 0.6 is 11.6 Å². The van der Waals surface area contributed by atoms with E-state index in [-0.39, 0.29) is 36.2 Å². The highest BCUT2D eigenvalue weighted by atomic mass is 35.5. The van der Waals surface area contributed by atoms with E-state index in [9.17, 15) is 22.4 Å². The van der Waals surface area contributed by atoms with Crippen molar-refractivity contribution in [2.45, 2.75) is 64.1 Å². The standard InChI is InChI=1S/C32H37ClFN3O4S/c1-23-27(33)17-11-19-29(23)37(42(2,40)41)22-31(38)36(21-25-14-9-10-18-28(25)34)30(20-24-12-5-3-6-13-24)32(39)35-26-15-7-4-8-16-26/h3,5-6,9-14,17-19,26,30H,4,7-8,15-16,20-22H2,1-2H3,(H,35,39). The number of hydrogen-bond acceptors (Lipinski definition) is 4. The van der Waals surface area contributed by atoms with E-state index in [4.69, 9.17) is 11.6 Å². The highest BCUT2D eigenvalue weighted by Gasteiger charge is 2.34. The van der Waals surface area contributed by atoms with Crippen LogP contribution in [-0.4, -0.2) is 50.0 Å². The molecule has 1 aliphatic rings. The lowest BCUT2D eigenvalue weighted by molar-refractivity contribution is -0.140. The number of anilines is 1. The summed E-state index contributed by atoms with van der Waals surface area (Å²) in [4.78, 5) is 29.4. The van der Waals surface area contributed by atoms with E-state index in [1.165, 1.54) is 11.0 Å². The van der Waals surface area contributed by atoms with Gasteiger partial charge in [0.2, 0.25) is 21.8 Å². The van der Waals surface area contributed by atoms with Gasteiger partial charge in [-0.05, 0) is 49.1 Å². The molecule has 1 fully saturated rings. The summed E-state index contributed by atoms with van der Waals surface area (Å²) in [7, 11) is -3.94. The molecule has 0 aliphatic heterocycles. The summed E-state index contributed by atoms with van der Waals surface area (Å²) >= 11 is 6.30. The van der Waals surface area contributed by atoms with Crippen molar-refractivity contribution in [1.82, 2.24) is 10.2 Å². The van der Waals surface area contributed by atoms with Crippen LogP contribution in [0.5, 0.6) is 0 Å². The van der Waals surface area contributed by atoms with Crippen molar-refractivity contribution in [2.75, 3.05) is 17.1 Å². The van der Waals surface area contributed by atoms with Crippen molar-refractivity contribution < 1.29 is 22.4 Å². The number of rotatable bonds is 11. The summed E-state index contributed by atoms with van der Waals surface area (Å²) < 4.78 is 41.9. The van der Waals surface area contributed by atoms with Gasteiger partial charge in [-0.3, -0.25) is 13.9 Å². The lowest BCUT2D eigenvalue weighted by atomic mass is 9.94. The fourth-order valence-corrected chi connectivity index (χ4v) is 6.44. The van der Waals surface area contributed by atoms with Gasteiger partial charge in [-0.2, -0.15) is 0 Å². The topological polar surface area (TPSA) is 86.8 Å². The molecule has 224 valence electrons. The average molecular weight is 614 g/mol. The molecule has 0 aromatic heterocycles. The van der Waals surface area contributed by atoms with E-state index < -0.39 is 34.3 Å². The largest absolute Gasteiger partial charge is 0.352 e. The average Bonchev–Trinajstić information content (AvgIpc) is 2.96. The molecule has 0 spiro atoms. The molecule has 1 unspecified atom stereocenters. The molecule has 3 aromatic rings. The number of carbonyl (C=O) groups is 2. The molecule has 0 radical (unpaired) electrons. The SMILES string of the molecule is Cc1c(Cl)cccc1N(CC(=O)N(Cc1ccccc1F)C(Cc1ccccc1)C(=O)NC1CCCCC1)S(C)(=O)=O. The summed E-state index contributed by atoms with van der Waals surface area (Å²) in [5.41, 5.74) is 1.79. The Morgan fingerprint density at radius 3 is 2.31 bits per heavy atom. The molecule has 10 heteroatoms. The summed E-state index contributed by atoms with van der Waals surface area (Å²) in [6, 6.07) is 19.2. The zero-order valence-electron chi connectivity index (χ0n) is 23.9. The minimum Gasteiger partial charge on any atom is -0.352 e. The third kappa shape index (κ3) is 8.10. The summed E-state index contributed by atoms with van der Waals surface area (Å²) in [5, 5.41) is 3.48. The van der Waals surface area contributed by atoms with Crippen LogP contribution in [0.1, 0.15) is 48.8 Å². The molecule has 4 rings (SSSR count). The Morgan fingerprint density at radius 1 is 0.976 bits per heavy atom. The first-order chi connectivity index (χ1) is 20.0. The maximum absolute atomic E-state index is 14.9. The Morgan fingerprint density at radius 2 is 1.64 bits per heavy atom. The van der Waals surface area contributed by atoms with E-state index in [0.29, 0.717) is 10.6 Å². The summed E-state index contributed by atoms with van der Waals surface area (Å²) in [6.45, 7) is 0.872. The molecule has 1 N–H and O–H groups in total. The van der Waals surface area contributed by atoms with Gasteiger partial charge >= 0.3 is 0 Å². The smallest absolute Gasteiger partial charge is 0.244 e. The Balaban J connectivity index is 1.75. The van der Waals surface area contributed by atoms with E-state index >= 15 is 0 Å². The molecule has 42 heavy (non-hydrogen) atoms. The van der Waals surface area contributed by atoms with E-state index in [1.807, 2.05) is 30.3 Å². The normalized spacial score (nSPS) is 14.7. The Labute approximate surface area is 252 Å².